The van der Waals surface area contributed by atoms with Gasteiger partial charge in [0.2, 0.25) is 0 Å². The van der Waals surface area contributed by atoms with Crippen molar-refractivity contribution in [1.82, 2.24) is 14.7 Å². The first-order valence-corrected chi connectivity index (χ1v) is 6.60. The van der Waals surface area contributed by atoms with Gasteiger partial charge in [0.05, 0.1) is 5.69 Å². The van der Waals surface area contributed by atoms with Gasteiger partial charge in [-0.1, -0.05) is 6.07 Å². The molecule has 0 saturated carbocycles. The minimum Gasteiger partial charge on any atom is -0.396 e. The standard InChI is InChI=1S/C14H19N3O2/c18-9-5-1-3-7-15-11-12-10-14(19)17-8-4-2-6-13(17)16-12/h2,4,6,8,10,15,18H,1,3,5,7,9,11H2. The Labute approximate surface area is 111 Å². The molecule has 2 aromatic rings. The van der Waals surface area contributed by atoms with E-state index in [2.05, 4.69) is 10.3 Å². The Kier molecular flexibility index (Phi) is 5.06. The molecule has 2 aromatic heterocycles. The highest BCUT2D eigenvalue weighted by Gasteiger charge is 2.01. The molecule has 2 N–H and O–H groups in total. The van der Waals surface area contributed by atoms with E-state index in [1.165, 1.54) is 4.40 Å². The van der Waals surface area contributed by atoms with Gasteiger partial charge in [-0.05, 0) is 37.9 Å². The van der Waals surface area contributed by atoms with Crippen molar-refractivity contribution in [2.75, 3.05) is 13.2 Å². The van der Waals surface area contributed by atoms with E-state index >= 15 is 0 Å². The van der Waals surface area contributed by atoms with Crippen LogP contribution in [0.5, 0.6) is 0 Å². The molecule has 0 saturated heterocycles. The SMILES string of the molecule is O=c1cc(CNCCCCCO)nc2ccccn12. The number of pyridine rings is 1. The maximum Gasteiger partial charge on any atom is 0.258 e. The van der Waals surface area contributed by atoms with Crippen molar-refractivity contribution in [3.8, 4) is 0 Å². The van der Waals surface area contributed by atoms with Gasteiger partial charge in [-0.15, -0.1) is 0 Å². The van der Waals surface area contributed by atoms with Crippen LogP contribution in [-0.4, -0.2) is 27.6 Å². The molecule has 0 aliphatic heterocycles. The third-order valence-electron chi connectivity index (χ3n) is 2.94. The van der Waals surface area contributed by atoms with Gasteiger partial charge in [-0.2, -0.15) is 0 Å². The molecule has 0 amide bonds. The fourth-order valence-electron chi connectivity index (χ4n) is 1.95. The van der Waals surface area contributed by atoms with Crippen molar-refractivity contribution in [2.24, 2.45) is 0 Å². The number of hydrogen-bond donors (Lipinski definition) is 2. The molecule has 2 heterocycles. The Morgan fingerprint density at radius 3 is 3.00 bits per heavy atom. The van der Waals surface area contributed by atoms with Crippen LogP contribution >= 0.6 is 0 Å². The smallest absolute Gasteiger partial charge is 0.258 e. The third kappa shape index (κ3) is 3.87. The predicted molar refractivity (Wildman–Crippen MR) is 74.1 cm³/mol. The number of nitrogens with zero attached hydrogens (tertiary/aromatic N) is 2. The van der Waals surface area contributed by atoms with Gasteiger partial charge in [0.15, 0.2) is 0 Å². The molecule has 5 nitrogen and oxygen atoms in total. The van der Waals surface area contributed by atoms with E-state index in [1.807, 2.05) is 18.2 Å². The molecule has 0 unspecified atom stereocenters. The first-order chi connectivity index (χ1) is 9.31. The topological polar surface area (TPSA) is 66.6 Å². The number of hydrogen-bond acceptors (Lipinski definition) is 4. The van der Waals surface area contributed by atoms with Crippen LogP contribution in [0.15, 0.2) is 35.3 Å². The van der Waals surface area contributed by atoms with Crippen molar-refractivity contribution in [2.45, 2.75) is 25.8 Å². The first kappa shape index (κ1) is 13.7. The fourth-order valence-corrected chi connectivity index (χ4v) is 1.95. The van der Waals surface area contributed by atoms with E-state index in [9.17, 15) is 4.79 Å². The Morgan fingerprint density at radius 1 is 1.26 bits per heavy atom. The number of aliphatic hydroxyl groups excluding tert-OH is 1. The summed E-state index contributed by atoms with van der Waals surface area (Å²) >= 11 is 0. The lowest BCUT2D eigenvalue weighted by molar-refractivity contribution is 0.283. The van der Waals surface area contributed by atoms with Crippen LogP contribution < -0.4 is 10.9 Å². The van der Waals surface area contributed by atoms with Crippen molar-refractivity contribution in [3.05, 3.63) is 46.5 Å². The molecule has 19 heavy (non-hydrogen) atoms. The quantitative estimate of drug-likeness (QED) is 0.728. The lowest BCUT2D eigenvalue weighted by Crippen LogP contribution is -2.20. The lowest BCUT2D eigenvalue weighted by atomic mass is 10.2. The average molecular weight is 261 g/mol. The molecule has 102 valence electrons. The van der Waals surface area contributed by atoms with E-state index in [-0.39, 0.29) is 12.2 Å². The summed E-state index contributed by atoms with van der Waals surface area (Å²) in [4.78, 5) is 16.3. The summed E-state index contributed by atoms with van der Waals surface area (Å²) in [7, 11) is 0. The van der Waals surface area contributed by atoms with Crippen molar-refractivity contribution < 1.29 is 5.11 Å². The highest BCUT2D eigenvalue weighted by Crippen LogP contribution is 1.99. The Bertz CT molecular complexity index is 580. The summed E-state index contributed by atoms with van der Waals surface area (Å²) in [5, 5.41) is 11.9. The van der Waals surface area contributed by atoms with Gasteiger partial charge in [-0.25, -0.2) is 4.98 Å². The van der Waals surface area contributed by atoms with Gasteiger partial charge in [0, 0.05) is 25.4 Å². The van der Waals surface area contributed by atoms with Crippen molar-refractivity contribution >= 4 is 5.65 Å². The Balaban J connectivity index is 1.92. The second-order valence-corrected chi connectivity index (χ2v) is 4.48. The lowest BCUT2D eigenvalue weighted by Gasteiger charge is -2.05. The van der Waals surface area contributed by atoms with Crippen LogP contribution in [0.2, 0.25) is 0 Å². The van der Waals surface area contributed by atoms with Crippen LogP contribution in [0.25, 0.3) is 5.65 Å². The number of nitrogens with one attached hydrogen (secondary N) is 1. The van der Waals surface area contributed by atoms with Gasteiger partial charge < -0.3 is 10.4 Å². The first-order valence-electron chi connectivity index (χ1n) is 6.60. The summed E-state index contributed by atoms with van der Waals surface area (Å²) in [5.41, 5.74) is 1.38. The van der Waals surface area contributed by atoms with Gasteiger partial charge in [-0.3, -0.25) is 9.20 Å². The summed E-state index contributed by atoms with van der Waals surface area (Å²) in [6.45, 7) is 1.72. The second-order valence-electron chi connectivity index (χ2n) is 4.48. The number of aliphatic hydroxyl groups is 1. The van der Waals surface area contributed by atoms with Gasteiger partial charge >= 0.3 is 0 Å². The van der Waals surface area contributed by atoms with Crippen LogP contribution in [0.1, 0.15) is 25.0 Å². The number of fused-ring (bicyclic) bond motifs is 1. The average Bonchev–Trinajstić information content (AvgIpc) is 2.43. The van der Waals surface area contributed by atoms with E-state index in [4.69, 9.17) is 5.11 Å². The van der Waals surface area contributed by atoms with Crippen LogP contribution in [0.3, 0.4) is 0 Å². The largest absolute Gasteiger partial charge is 0.396 e. The Hall–Kier alpha value is -1.72. The molecule has 0 spiro atoms. The third-order valence-corrected chi connectivity index (χ3v) is 2.94. The van der Waals surface area contributed by atoms with Gasteiger partial charge in [0.25, 0.3) is 5.56 Å². The van der Waals surface area contributed by atoms with Crippen LogP contribution in [-0.2, 0) is 6.54 Å². The summed E-state index contributed by atoms with van der Waals surface area (Å²) in [6, 6.07) is 7.07. The molecule has 2 rings (SSSR count). The number of unbranched alkanes of at least 4 members (excludes halogenated alkanes) is 2. The maximum absolute atomic E-state index is 11.8. The normalized spacial score (nSPS) is 11.0. The van der Waals surface area contributed by atoms with Crippen molar-refractivity contribution in [3.63, 3.8) is 0 Å². The summed E-state index contributed by atoms with van der Waals surface area (Å²) < 4.78 is 1.53. The molecule has 0 aliphatic rings. The van der Waals surface area contributed by atoms with E-state index < -0.39 is 0 Å². The zero-order valence-electron chi connectivity index (χ0n) is 10.9. The summed E-state index contributed by atoms with van der Waals surface area (Å²) in [5.74, 6) is 0. The van der Waals surface area contributed by atoms with E-state index in [0.29, 0.717) is 12.2 Å². The number of aromatic nitrogens is 2. The molecule has 0 bridgehead atoms. The molecule has 0 radical (unpaired) electrons. The zero-order chi connectivity index (χ0) is 13.5. The number of rotatable bonds is 7. The summed E-state index contributed by atoms with van der Waals surface area (Å²) in [6.07, 6.45) is 4.60. The highest BCUT2D eigenvalue weighted by molar-refractivity contribution is 5.37. The van der Waals surface area contributed by atoms with E-state index in [1.54, 1.807) is 12.3 Å². The molecular weight excluding hydrogens is 242 g/mol. The minimum absolute atomic E-state index is 0.0531. The highest BCUT2D eigenvalue weighted by atomic mass is 16.2. The van der Waals surface area contributed by atoms with Crippen LogP contribution in [0.4, 0.5) is 0 Å². The van der Waals surface area contributed by atoms with Crippen LogP contribution in [0, 0.1) is 0 Å². The molecular formula is C14H19N3O2. The molecule has 0 aromatic carbocycles. The minimum atomic E-state index is -0.0531. The molecule has 5 heteroatoms. The zero-order valence-corrected chi connectivity index (χ0v) is 10.9. The molecule has 0 fully saturated rings. The Morgan fingerprint density at radius 2 is 2.16 bits per heavy atom. The molecule has 0 atom stereocenters. The fraction of sp³-hybridized carbons (Fsp3) is 0.429. The monoisotopic (exact) mass is 261 g/mol. The van der Waals surface area contributed by atoms with Gasteiger partial charge in [0.1, 0.15) is 5.65 Å². The predicted octanol–water partition coefficient (Wildman–Crippen LogP) is 0.947. The maximum atomic E-state index is 11.8. The van der Waals surface area contributed by atoms with Crippen molar-refractivity contribution in [1.29, 1.82) is 0 Å². The van der Waals surface area contributed by atoms with E-state index in [0.717, 1.165) is 31.5 Å². The molecule has 0 aliphatic carbocycles. The second kappa shape index (κ2) is 7.01.